The molecular weight excluding hydrogens is 176 g/mol. The Hall–Kier alpha value is -0.370. The van der Waals surface area contributed by atoms with Gasteiger partial charge in [0.25, 0.3) is 0 Å². The van der Waals surface area contributed by atoms with Crippen LogP contribution >= 0.6 is 0 Å². The van der Waals surface area contributed by atoms with E-state index in [-0.39, 0.29) is 17.9 Å². The molecule has 0 aromatic heterocycles. The van der Waals surface area contributed by atoms with Gasteiger partial charge >= 0.3 is 0 Å². The lowest BCUT2D eigenvalue weighted by Gasteiger charge is -2.37. The minimum Gasteiger partial charge on any atom is -0.396 e. The van der Waals surface area contributed by atoms with Crippen molar-refractivity contribution in [3.05, 3.63) is 0 Å². The first-order valence-electron chi connectivity index (χ1n) is 5.61. The molecule has 0 spiro atoms. The van der Waals surface area contributed by atoms with Crippen molar-refractivity contribution in [2.75, 3.05) is 6.61 Å². The maximum atomic E-state index is 11.8. The summed E-state index contributed by atoms with van der Waals surface area (Å²) in [4.78, 5) is 11.8. The Kier molecular flexibility index (Phi) is 3.71. The maximum absolute atomic E-state index is 11.8. The number of carbonyl (C=O) groups is 1. The summed E-state index contributed by atoms with van der Waals surface area (Å²) < 4.78 is 0. The molecule has 0 aliphatic heterocycles. The molecule has 0 aromatic rings. The summed E-state index contributed by atoms with van der Waals surface area (Å²) in [6.07, 6.45) is 3.63. The van der Waals surface area contributed by atoms with E-state index >= 15 is 0 Å². The summed E-state index contributed by atoms with van der Waals surface area (Å²) in [5.41, 5.74) is -0.0219. The summed E-state index contributed by atoms with van der Waals surface area (Å²) in [6.45, 7) is 6.53. The Balaban J connectivity index is 2.63. The van der Waals surface area contributed by atoms with E-state index in [0.29, 0.717) is 11.7 Å². The van der Waals surface area contributed by atoms with E-state index in [0.717, 1.165) is 25.7 Å². The molecule has 2 unspecified atom stereocenters. The van der Waals surface area contributed by atoms with Crippen LogP contribution in [0.1, 0.15) is 46.5 Å². The number of hydrogen-bond acceptors (Lipinski definition) is 2. The third-order valence-corrected chi connectivity index (χ3v) is 3.59. The van der Waals surface area contributed by atoms with Gasteiger partial charge in [0, 0.05) is 18.9 Å². The highest BCUT2D eigenvalue weighted by Crippen LogP contribution is 2.39. The second-order valence-electron chi connectivity index (χ2n) is 5.37. The zero-order chi connectivity index (χ0) is 10.8. The Labute approximate surface area is 86.7 Å². The van der Waals surface area contributed by atoms with Gasteiger partial charge in [-0.05, 0) is 30.6 Å². The van der Waals surface area contributed by atoms with Crippen molar-refractivity contribution < 1.29 is 9.90 Å². The Morgan fingerprint density at radius 3 is 2.57 bits per heavy atom. The molecule has 0 aromatic carbocycles. The van der Waals surface area contributed by atoms with Gasteiger partial charge in [-0.15, -0.1) is 0 Å². The van der Waals surface area contributed by atoms with E-state index < -0.39 is 0 Å². The van der Waals surface area contributed by atoms with Crippen LogP contribution in [0.3, 0.4) is 0 Å². The van der Waals surface area contributed by atoms with Gasteiger partial charge in [-0.2, -0.15) is 0 Å². The third-order valence-electron chi connectivity index (χ3n) is 3.59. The monoisotopic (exact) mass is 198 g/mol. The van der Waals surface area contributed by atoms with Gasteiger partial charge in [0.05, 0.1) is 0 Å². The first-order valence-corrected chi connectivity index (χ1v) is 5.61. The normalized spacial score (nSPS) is 29.3. The molecule has 82 valence electrons. The van der Waals surface area contributed by atoms with Crippen LogP contribution in [0.2, 0.25) is 0 Å². The molecule has 1 rings (SSSR count). The van der Waals surface area contributed by atoms with E-state index in [2.05, 4.69) is 20.8 Å². The average Bonchev–Trinajstić information content (AvgIpc) is 2.02. The summed E-state index contributed by atoms with van der Waals surface area (Å²) in [5.74, 6) is 1.14. The fourth-order valence-electron chi connectivity index (χ4n) is 2.49. The van der Waals surface area contributed by atoms with E-state index in [1.165, 1.54) is 0 Å². The molecule has 2 heteroatoms. The summed E-state index contributed by atoms with van der Waals surface area (Å²) in [5, 5.41) is 8.96. The second-order valence-corrected chi connectivity index (χ2v) is 5.37. The van der Waals surface area contributed by atoms with Crippen molar-refractivity contribution in [1.29, 1.82) is 0 Å². The number of hydrogen-bond donors (Lipinski definition) is 1. The lowest BCUT2D eigenvalue weighted by atomic mass is 9.67. The van der Waals surface area contributed by atoms with Crippen molar-refractivity contribution in [3.63, 3.8) is 0 Å². The molecule has 2 atom stereocenters. The number of ketones is 1. The molecular formula is C12H22O2. The zero-order valence-electron chi connectivity index (χ0n) is 9.55. The minimum atomic E-state index is -0.0219. The quantitative estimate of drug-likeness (QED) is 0.756. The molecule has 1 saturated carbocycles. The molecule has 2 nitrogen and oxygen atoms in total. The second kappa shape index (κ2) is 4.43. The summed E-state index contributed by atoms with van der Waals surface area (Å²) >= 11 is 0. The van der Waals surface area contributed by atoms with Gasteiger partial charge in [-0.25, -0.2) is 0 Å². The number of Topliss-reactive ketones (excluding diaryl/α,β-unsaturated/α-hetero) is 1. The van der Waals surface area contributed by atoms with E-state index in [1.807, 2.05) is 0 Å². The summed E-state index contributed by atoms with van der Waals surface area (Å²) in [7, 11) is 0. The average molecular weight is 198 g/mol. The van der Waals surface area contributed by atoms with Crippen molar-refractivity contribution >= 4 is 5.78 Å². The predicted octanol–water partition coefficient (Wildman–Crippen LogP) is 2.40. The van der Waals surface area contributed by atoms with E-state index in [1.54, 1.807) is 0 Å². The number of rotatable bonds is 3. The number of aliphatic hydroxyl groups excluding tert-OH is 1. The Bertz CT molecular complexity index is 208. The van der Waals surface area contributed by atoms with Crippen LogP contribution in [0, 0.1) is 17.3 Å². The molecule has 1 N–H and O–H groups in total. The van der Waals surface area contributed by atoms with Gasteiger partial charge in [0.2, 0.25) is 0 Å². The van der Waals surface area contributed by atoms with Crippen molar-refractivity contribution in [2.45, 2.75) is 46.5 Å². The predicted molar refractivity (Wildman–Crippen MR) is 57.0 cm³/mol. The number of aliphatic hydroxyl groups is 1. The van der Waals surface area contributed by atoms with Crippen LogP contribution in [-0.4, -0.2) is 17.5 Å². The molecule has 0 radical (unpaired) electrons. The zero-order valence-corrected chi connectivity index (χ0v) is 9.55. The van der Waals surface area contributed by atoms with Gasteiger partial charge in [-0.3, -0.25) is 4.79 Å². The van der Waals surface area contributed by atoms with Crippen LogP contribution in [0.25, 0.3) is 0 Å². The van der Waals surface area contributed by atoms with E-state index in [4.69, 9.17) is 5.11 Å². The van der Waals surface area contributed by atoms with Crippen LogP contribution in [0.15, 0.2) is 0 Å². The number of carbonyl (C=O) groups excluding carboxylic acids is 1. The Morgan fingerprint density at radius 2 is 2.07 bits per heavy atom. The fraction of sp³-hybridized carbons (Fsp3) is 0.917. The SMILES string of the molecule is CC1CCC(C(C)(C)CCO)C(=O)C1. The molecule has 0 bridgehead atoms. The molecule has 0 amide bonds. The van der Waals surface area contributed by atoms with Crippen molar-refractivity contribution in [1.82, 2.24) is 0 Å². The van der Waals surface area contributed by atoms with Crippen molar-refractivity contribution in [3.8, 4) is 0 Å². The highest BCUT2D eigenvalue weighted by atomic mass is 16.3. The first-order chi connectivity index (χ1) is 6.47. The largest absolute Gasteiger partial charge is 0.396 e. The smallest absolute Gasteiger partial charge is 0.136 e. The fourth-order valence-corrected chi connectivity index (χ4v) is 2.49. The molecule has 1 aliphatic carbocycles. The molecule has 0 heterocycles. The standard InChI is InChI=1S/C12H22O2/c1-9-4-5-10(11(14)8-9)12(2,3)6-7-13/h9-10,13H,4-8H2,1-3H3. The lowest BCUT2D eigenvalue weighted by molar-refractivity contribution is -0.130. The summed E-state index contributed by atoms with van der Waals surface area (Å²) in [6, 6.07) is 0. The van der Waals surface area contributed by atoms with Gasteiger partial charge in [0.15, 0.2) is 0 Å². The Morgan fingerprint density at radius 1 is 1.43 bits per heavy atom. The van der Waals surface area contributed by atoms with Crippen LogP contribution < -0.4 is 0 Å². The first kappa shape index (κ1) is 11.7. The molecule has 14 heavy (non-hydrogen) atoms. The van der Waals surface area contributed by atoms with Crippen molar-refractivity contribution in [2.24, 2.45) is 17.3 Å². The third kappa shape index (κ3) is 2.57. The van der Waals surface area contributed by atoms with Crippen LogP contribution in [0.5, 0.6) is 0 Å². The molecule has 0 saturated heterocycles. The lowest BCUT2D eigenvalue weighted by Crippen LogP contribution is -2.36. The topological polar surface area (TPSA) is 37.3 Å². The highest BCUT2D eigenvalue weighted by molar-refractivity contribution is 5.82. The minimum absolute atomic E-state index is 0.0219. The van der Waals surface area contributed by atoms with Crippen LogP contribution in [-0.2, 0) is 4.79 Å². The van der Waals surface area contributed by atoms with Gasteiger partial charge < -0.3 is 5.11 Å². The maximum Gasteiger partial charge on any atom is 0.136 e. The highest BCUT2D eigenvalue weighted by Gasteiger charge is 2.37. The molecule has 1 fully saturated rings. The van der Waals surface area contributed by atoms with Gasteiger partial charge in [0.1, 0.15) is 5.78 Å². The van der Waals surface area contributed by atoms with E-state index in [9.17, 15) is 4.79 Å². The van der Waals surface area contributed by atoms with Gasteiger partial charge in [-0.1, -0.05) is 20.8 Å². The van der Waals surface area contributed by atoms with Crippen LogP contribution in [0.4, 0.5) is 0 Å². The molecule has 1 aliphatic rings.